The van der Waals surface area contributed by atoms with Crippen molar-refractivity contribution < 1.29 is 44.1 Å². The summed E-state index contributed by atoms with van der Waals surface area (Å²) in [5, 5.41) is 32.3. The Morgan fingerprint density at radius 2 is 1.25 bits per heavy atom. The van der Waals surface area contributed by atoms with Crippen molar-refractivity contribution in [3.05, 3.63) is 82.5 Å². The first kappa shape index (κ1) is 44.2. The number of carbonyl (C=O) groups is 6. The second-order valence-corrected chi connectivity index (χ2v) is 15.5. The molecule has 18 heteroatoms. The number of unbranched alkanes of at least 4 members (excludes halogenated alkanes) is 1. The van der Waals surface area contributed by atoms with E-state index in [4.69, 9.17) is 5.11 Å². The molecular weight excluding hydrogens is 828 g/mol. The van der Waals surface area contributed by atoms with E-state index in [9.17, 15) is 39.0 Å². The van der Waals surface area contributed by atoms with Crippen LogP contribution in [-0.2, 0) is 25.7 Å². The molecule has 316 valence electrons. The van der Waals surface area contributed by atoms with Crippen LogP contribution < -0.4 is 25.3 Å². The number of nitrogens with zero attached hydrogens (tertiary/aromatic N) is 6. The lowest BCUT2D eigenvalue weighted by Gasteiger charge is -2.37. The summed E-state index contributed by atoms with van der Waals surface area (Å²) in [7, 11) is 0. The molecule has 4 amide bonds. The van der Waals surface area contributed by atoms with E-state index < -0.39 is 42.4 Å². The number of aromatic nitrogens is 1. The van der Waals surface area contributed by atoms with Gasteiger partial charge in [0.05, 0.1) is 5.56 Å². The lowest BCUT2D eigenvalue weighted by atomic mass is 10.1. The highest BCUT2D eigenvalue weighted by atomic mass is 79.9. The van der Waals surface area contributed by atoms with Gasteiger partial charge in [0.2, 0.25) is 5.91 Å². The highest BCUT2D eigenvalue weighted by Gasteiger charge is 2.26. The van der Waals surface area contributed by atoms with Gasteiger partial charge in [-0.25, -0.2) is 19.4 Å². The van der Waals surface area contributed by atoms with Crippen LogP contribution in [0.3, 0.4) is 0 Å². The minimum atomic E-state index is -1.50. The van der Waals surface area contributed by atoms with Crippen molar-refractivity contribution in [2.75, 3.05) is 73.6 Å². The predicted octanol–water partition coefficient (Wildman–Crippen LogP) is 3.72. The van der Waals surface area contributed by atoms with Gasteiger partial charge < -0.3 is 50.5 Å². The summed E-state index contributed by atoms with van der Waals surface area (Å²) < 4.78 is 0.891. The minimum absolute atomic E-state index is 0.00546. The molecule has 2 aliphatic heterocycles. The van der Waals surface area contributed by atoms with Crippen molar-refractivity contribution in [3.8, 4) is 0 Å². The van der Waals surface area contributed by atoms with Gasteiger partial charge in [-0.15, -0.1) is 0 Å². The van der Waals surface area contributed by atoms with Crippen molar-refractivity contribution in [1.29, 1.82) is 0 Å². The Bertz CT molecular complexity index is 1920. The smallest absolute Gasteiger partial charge is 0.326 e. The molecule has 2 aromatic carbocycles. The number of carbonyl (C=O) groups excluding carboxylic acids is 3. The molecule has 1 aromatic heterocycles. The van der Waals surface area contributed by atoms with Gasteiger partial charge in [0.15, 0.2) is 0 Å². The Labute approximate surface area is 351 Å². The van der Waals surface area contributed by atoms with Gasteiger partial charge in [-0.05, 0) is 79.8 Å². The van der Waals surface area contributed by atoms with E-state index in [0.29, 0.717) is 24.9 Å². The van der Waals surface area contributed by atoms with Crippen LogP contribution in [-0.4, -0.2) is 137 Å². The number of halogens is 1. The second-order valence-electron chi connectivity index (χ2n) is 14.6. The number of benzene rings is 2. The van der Waals surface area contributed by atoms with Crippen LogP contribution in [0.15, 0.2) is 71.3 Å². The zero-order chi connectivity index (χ0) is 42.5. The molecule has 2 fully saturated rings. The number of hydrogen-bond acceptors (Lipinski definition) is 10. The third-order valence-corrected chi connectivity index (χ3v) is 11.0. The molecule has 0 bridgehead atoms. The fourth-order valence-electron chi connectivity index (χ4n) is 7.08. The Morgan fingerprint density at radius 3 is 1.76 bits per heavy atom. The normalized spacial score (nSPS) is 15.2. The van der Waals surface area contributed by atoms with Crippen LogP contribution in [0.5, 0.6) is 0 Å². The zero-order valence-electron chi connectivity index (χ0n) is 33.0. The molecule has 3 aromatic rings. The van der Waals surface area contributed by atoms with Gasteiger partial charge in [-0.3, -0.25) is 14.4 Å². The number of rotatable bonds is 18. The lowest BCUT2D eigenvalue weighted by Crippen LogP contribution is -2.51. The van der Waals surface area contributed by atoms with Crippen LogP contribution in [0.2, 0.25) is 0 Å². The Hall–Kier alpha value is -5.91. The SMILES string of the molecule is CC(=O)N1CCN(c2ccc(N3CCN(c4ccc(C(=O)N(CCCC[C@H](NC(=O)N[C@@H](CCC(=O)O)C(=O)O)C(=O)O)Cc5ccc(Br)cc5)cn4)CC3)cc2)CC1. The molecule has 3 heterocycles. The summed E-state index contributed by atoms with van der Waals surface area (Å²) in [5.41, 5.74) is 3.60. The molecule has 0 spiro atoms. The van der Waals surface area contributed by atoms with Crippen molar-refractivity contribution >= 4 is 68.9 Å². The van der Waals surface area contributed by atoms with Gasteiger partial charge in [-0.1, -0.05) is 28.1 Å². The number of nitrogens with one attached hydrogen (secondary N) is 2. The van der Waals surface area contributed by atoms with E-state index in [1.54, 1.807) is 24.1 Å². The molecule has 0 aliphatic carbocycles. The number of pyridine rings is 1. The molecule has 59 heavy (non-hydrogen) atoms. The maximum Gasteiger partial charge on any atom is 0.326 e. The summed E-state index contributed by atoms with van der Waals surface area (Å²) >= 11 is 3.44. The number of carboxylic acids is 3. The number of piperazine rings is 2. The van der Waals surface area contributed by atoms with E-state index in [-0.39, 0.29) is 31.2 Å². The summed E-state index contributed by atoms with van der Waals surface area (Å²) in [5.74, 6) is -3.34. The highest BCUT2D eigenvalue weighted by molar-refractivity contribution is 9.10. The number of carboxylic acid groups (broad SMARTS) is 3. The first-order valence-corrected chi connectivity index (χ1v) is 20.4. The summed E-state index contributed by atoms with van der Waals surface area (Å²) in [4.78, 5) is 87.3. The molecule has 5 rings (SSSR count). The van der Waals surface area contributed by atoms with Crippen LogP contribution in [0.4, 0.5) is 22.0 Å². The Balaban J connectivity index is 1.14. The van der Waals surface area contributed by atoms with Crippen molar-refractivity contribution in [1.82, 2.24) is 25.4 Å². The molecule has 5 N–H and O–H groups in total. The van der Waals surface area contributed by atoms with E-state index in [0.717, 1.165) is 79.6 Å². The summed E-state index contributed by atoms with van der Waals surface area (Å²) in [6, 6.07) is 15.9. The molecule has 17 nitrogen and oxygen atoms in total. The predicted molar refractivity (Wildman–Crippen MR) is 224 cm³/mol. The van der Waals surface area contributed by atoms with Crippen LogP contribution >= 0.6 is 15.9 Å². The molecule has 2 atom stereocenters. The van der Waals surface area contributed by atoms with Crippen molar-refractivity contribution in [2.24, 2.45) is 0 Å². The average molecular weight is 880 g/mol. The molecule has 0 unspecified atom stereocenters. The standard InChI is InChI=1S/C41H51BrN8O9/c1-28(51)46-18-20-47(21-19-46)32-10-12-33(13-11-32)48-22-24-49(25-23-48)36-15-7-30(26-43-36)38(54)50(27-29-5-8-31(42)9-6-29)17-3-2-4-34(39(55)56)44-41(59)45-35(40(57)58)14-16-37(52)53/h5-13,15,26,34-35H,2-4,14,16-25,27H2,1H3,(H,52,53)(H,55,56)(H,57,58)(H2,44,45,59)/t34-,35-/m0/s1. The van der Waals surface area contributed by atoms with Gasteiger partial charge >= 0.3 is 23.9 Å². The largest absolute Gasteiger partial charge is 0.481 e. The van der Waals surface area contributed by atoms with Crippen LogP contribution in [0.1, 0.15) is 54.9 Å². The quantitative estimate of drug-likeness (QED) is 0.115. The van der Waals surface area contributed by atoms with Gasteiger partial charge in [0, 0.05) is 101 Å². The van der Waals surface area contributed by atoms with Gasteiger partial charge in [0.1, 0.15) is 17.9 Å². The highest BCUT2D eigenvalue weighted by Crippen LogP contribution is 2.25. The van der Waals surface area contributed by atoms with E-state index >= 15 is 0 Å². The van der Waals surface area contributed by atoms with Gasteiger partial charge in [0.25, 0.3) is 5.91 Å². The molecule has 2 saturated heterocycles. The summed E-state index contributed by atoms with van der Waals surface area (Å²) in [6.07, 6.45) is 1.45. The second kappa shape index (κ2) is 21.2. The molecule has 0 radical (unpaired) electrons. The monoisotopic (exact) mass is 878 g/mol. The molecule has 2 aliphatic rings. The van der Waals surface area contributed by atoms with Crippen LogP contribution in [0.25, 0.3) is 0 Å². The number of urea groups is 1. The van der Waals surface area contributed by atoms with E-state index in [1.165, 1.54) is 0 Å². The number of hydrogen-bond donors (Lipinski definition) is 5. The average Bonchev–Trinajstić information content (AvgIpc) is 3.23. The molecule has 0 saturated carbocycles. The maximum absolute atomic E-state index is 13.9. The summed E-state index contributed by atoms with van der Waals surface area (Å²) in [6.45, 7) is 8.40. The van der Waals surface area contributed by atoms with E-state index in [2.05, 4.69) is 70.5 Å². The third kappa shape index (κ3) is 13.0. The number of anilines is 3. The Morgan fingerprint density at radius 1 is 0.712 bits per heavy atom. The zero-order valence-corrected chi connectivity index (χ0v) is 34.6. The van der Waals surface area contributed by atoms with Gasteiger partial charge in [-0.2, -0.15) is 0 Å². The first-order chi connectivity index (χ1) is 28.3. The van der Waals surface area contributed by atoms with Crippen molar-refractivity contribution in [3.63, 3.8) is 0 Å². The number of aliphatic carboxylic acids is 3. The number of amides is 4. The topological polar surface area (TPSA) is 216 Å². The maximum atomic E-state index is 13.9. The third-order valence-electron chi connectivity index (χ3n) is 10.5. The molecular formula is C41H51BrN8O9. The van der Waals surface area contributed by atoms with E-state index in [1.807, 2.05) is 35.2 Å². The fraction of sp³-hybridized carbons (Fsp3) is 0.439. The lowest BCUT2D eigenvalue weighted by molar-refractivity contribution is -0.141. The Kier molecular flexibility index (Phi) is 15.9. The minimum Gasteiger partial charge on any atom is -0.481 e. The van der Waals surface area contributed by atoms with Crippen molar-refractivity contribution in [2.45, 2.75) is 57.7 Å². The van der Waals surface area contributed by atoms with Crippen LogP contribution in [0, 0.1) is 0 Å². The first-order valence-electron chi connectivity index (χ1n) is 19.6. The fourth-order valence-corrected chi connectivity index (χ4v) is 7.35.